The maximum absolute atomic E-state index is 12.0. The lowest BCUT2D eigenvalue weighted by Crippen LogP contribution is -2.32. The van der Waals surface area contributed by atoms with E-state index in [0.717, 1.165) is 4.88 Å². The SMILES string of the molecule is CC(C)OC(=O)C(Cc1cncs1)C(=O)OC(C)C. The number of hydrogen-bond donors (Lipinski definition) is 0. The molecule has 0 saturated carbocycles. The molecule has 0 amide bonds. The Bertz CT molecular complexity index is 392. The molecule has 0 bridgehead atoms. The minimum absolute atomic E-state index is 0.261. The maximum atomic E-state index is 12.0. The monoisotopic (exact) mass is 285 g/mol. The molecule has 0 unspecified atom stereocenters. The quantitative estimate of drug-likeness (QED) is 0.592. The molecular formula is C13H19NO4S. The van der Waals surface area contributed by atoms with Gasteiger partial charge in [0.05, 0.1) is 17.7 Å². The van der Waals surface area contributed by atoms with E-state index in [1.54, 1.807) is 39.4 Å². The van der Waals surface area contributed by atoms with Crippen LogP contribution in [-0.4, -0.2) is 29.1 Å². The highest BCUT2D eigenvalue weighted by Crippen LogP contribution is 2.17. The maximum Gasteiger partial charge on any atom is 0.320 e. The lowest BCUT2D eigenvalue weighted by atomic mass is 10.1. The fraction of sp³-hybridized carbons (Fsp3) is 0.615. The number of rotatable bonds is 6. The van der Waals surface area contributed by atoms with E-state index in [-0.39, 0.29) is 18.6 Å². The van der Waals surface area contributed by atoms with E-state index >= 15 is 0 Å². The van der Waals surface area contributed by atoms with Gasteiger partial charge in [0.15, 0.2) is 5.92 Å². The number of aromatic nitrogens is 1. The number of carbonyl (C=O) groups excluding carboxylic acids is 2. The Kier molecular flexibility index (Phi) is 5.95. The molecule has 0 spiro atoms. The summed E-state index contributed by atoms with van der Waals surface area (Å²) in [6.07, 6.45) is 1.39. The molecule has 0 N–H and O–H groups in total. The molecule has 106 valence electrons. The topological polar surface area (TPSA) is 65.5 Å². The highest BCUT2D eigenvalue weighted by molar-refractivity contribution is 7.09. The Morgan fingerprint density at radius 3 is 2.05 bits per heavy atom. The van der Waals surface area contributed by atoms with Crippen LogP contribution in [0.15, 0.2) is 11.7 Å². The molecule has 0 aliphatic rings. The van der Waals surface area contributed by atoms with Gasteiger partial charge in [0.2, 0.25) is 0 Å². The number of nitrogens with zero attached hydrogens (tertiary/aromatic N) is 1. The fourth-order valence-electron chi connectivity index (χ4n) is 1.44. The Labute approximate surface area is 116 Å². The van der Waals surface area contributed by atoms with Gasteiger partial charge in [-0.15, -0.1) is 11.3 Å². The summed E-state index contributed by atoms with van der Waals surface area (Å²) in [4.78, 5) is 28.7. The minimum Gasteiger partial charge on any atom is -0.462 e. The Balaban J connectivity index is 2.77. The summed E-state index contributed by atoms with van der Waals surface area (Å²) in [5.41, 5.74) is 1.66. The van der Waals surface area contributed by atoms with Crippen LogP contribution in [0.5, 0.6) is 0 Å². The van der Waals surface area contributed by atoms with Crippen molar-refractivity contribution < 1.29 is 19.1 Å². The van der Waals surface area contributed by atoms with E-state index in [0.29, 0.717) is 0 Å². The van der Waals surface area contributed by atoms with E-state index in [1.807, 2.05) is 0 Å². The van der Waals surface area contributed by atoms with Crippen LogP contribution in [0.25, 0.3) is 0 Å². The molecule has 6 heteroatoms. The molecule has 1 heterocycles. The van der Waals surface area contributed by atoms with E-state index in [2.05, 4.69) is 4.98 Å². The van der Waals surface area contributed by atoms with Crippen molar-refractivity contribution in [3.63, 3.8) is 0 Å². The van der Waals surface area contributed by atoms with Crippen molar-refractivity contribution in [2.45, 2.75) is 46.3 Å². The van der Waals surface area contributed by atoms with Crippen molar-refractivity contribution >= 4 is 23.3 Å². The van der Waals surface area contributed by atoms with Gasteiger partial charge in [-0.25, -0.2) is 0 Å². The zero-order valence-electron chi connectivity index (χ0n) is 11.6. The predicted octanol–water partition coefficient (Wildman–Crippen LogP) is 2.21. The highest BCUT2D eigenvalue weighted by atomic mass is 32.1. The minimum atomic E-state index is -0.926. The summed E-state index contributed by atoms with van der Waals surface area (Å²) in [5.74, 6) is -2.02. The van der Waals surface area contributed by atoms with Crippen LogP contribution in [0.1, 0.15) is 32.6 Å². The van der Waals surface area contributed by atoms with Gasteiger partial charge in [-0.2, -0.15) is 0 Å². The van der Waals surface area contributed by atoms with Crippen molar-refractivity contribution in [2.75, 3.05) is 0 Å². The molecule has 0 radical (unpaired) electrons. The molecule has 1 aromatic rings. The second-order valence-corrected chi connectivity index (χ2v) is 5.67. The van der Waals surface area contributed by atoms with Gasteiger partial charge in [0, 0.05) is 17.5 Å². The third-order valence-corrected chi connectivity index (χ3v) is 2.96. The summed E-state index contributed by atoms with van der Waals surface area (Å²) in [5, 5.41) is 0. The van der Waals surface area contributed by atoms with Crippen molar-refractivity contribution in [1.82, 2.24) is 4.98 Å². The molecular weight excluding hydrogens is 266 g/mol. The number of carbonyl (C=O) groups is 2. The van der Waals surface area contributed by atoms with Gasteiger partial charge < -0.3 is 9.47 Å². The van der Waals surface area contributed by atoms with Crippen LogP contribution < -0.4 is 0 Å². The fourth-order valence-corrected chi connectivity index (χ4v) is 2.08. The second kappa shape index (κ2) is 7.23. The summed E-state index contributed by atoms with van der Waals surface area (Å²) in [6, 6.07) is 0. The molecule has 19 heavy (non-hydrogen) atoms. The number of esters is 2. The van der Waals surface area contributed by atoms with Crippen molar-refractivity contribution in [2.24, 2.45) is 5.92 Å². The van der Waals surface area contributed by atoms with Crippen LogP contribution in [0.4, 0.5) is 0 Å². The standard InChI is InChI=1S/C13H19NO4S/c1-8(2)17-12(15)11(13(16)18-9(3)4)5-10-6-14-7-19-10/h6-9,11H,5H2,1-4H3. The van der Waals surface area contributed by atoms with Crippen LogP contribution in [0, 0.1) is 5.92 Å². The largest absolute Gasteiger partial charge is 0.462 e. The van der Waals surface area contributed by atoms with Crippen LogP contribution in [0.2, 0.25) is 0 Å². The number of ether oxygens (including phenoxy) is 2. The molecule has 0 fully saturated rings. The first kappa shape index (κ1) is 15.6. The summed E-state index contributed by atoms with van der Waals surface area (Å²) in [7, 11) is 0. The molecule has 0 atom stereocenters. The number of hydrogen-bond acceptors (Lipinski definition) is 6. The van der Waals surface area contributed by atoms with Gasteiger partial charge in [0.1, 0.15) is 0 Å². The van der Waals surface area contributed by atoms with E-state index in [9.17, 15) is 9.59 Å². The van der Waals surface area contributed by atoms with Gasteiger partial charge >= 0.3 is 11.9 Å². The lowest BCUT2D eigenvalue weighted by Gasteiger charge is -2.17. The van der Waals surface area contributed by atoms with E-state index in [4.69, 9.17) is 9.47 Å². The molecule has 0 aliphatic heterocycles. The zero-order valence-corrected chi connectivity index (χ0v) is 12.4. The molecule has 0 aromatic carbocycles. The van der Waals surface area contributed by atoms with Crippen LogP contribution in [0.3, 0.4) is 0 Å². The summed E-state index contributed by atoms with van der Waals surface area (Å²) < 4.78 is 10.2. The van der Waals surface area contributed by atoms with Crippen molar-refractivity contribution in [1.29, 1.82) is 0 Å². The first-order valence-corrected chi connectivity index (χ1v) is 7.06. The Morgan fingerprint density at radius 2 is 1.68 bits per heavy atom. The Morgan fingerprint density at radius 1 is 1.16 bits per heavy atom. The first-order chi connectivity index (χ1) is 8.90. The normalized spacial score (nSPS) is 11.1. The molecule has 1 rings (SSSR count). The van der Waals surface area contributed by atoms with E-state index in [1.165, 1.54) is 11.3 Å². The molecule has 5 nitrogen and oxygen atoms in total. The van der Waals surface area contributed by atoms with Gasteiger partial charge in [0.25, 0.3) is 0 Å². The average Bonchev–Trinajstić information content (AvgIpc) is 2.76. The highest BCUT2D eigenvalue weighted by Gasteiger charge is 2.31. The Hall–Kier alpha value is -1.43. The molecule has 0 aliphatic carbocycles. The molecule has 1 aromatic heterocycles. The van der Waals surface area contributed by atoms with Crippen LogP contribution >= 0.6 is 11.3 Å². The van der Waals surface area contributed by atoms with E-state index < -0.39 is 17.9 Å². The second-order valence-electron chi connectivity index (χ2n) is 4.70. The van der Waals surface area contributed by atoms with Crippen molar-refractivity contribution in [3.05, 3.63) is 16.6 Å². The third kappa shape index (κ3) is 5.38. The van der Waals surface area contributed by atoms with Gasteiger partial charge in [-0.3, -0.25) is 14.6 Å². The zero-order chi connectivity index (χ0) is 14.4. The number of thiazole rings is 1. The van der Waals surface area contributed by atoms with Gasteiger partial charge in [-0.05, 0) is 27.7 Å². The predicted molar refractivity (Wildman–Crippen MR) is 71.8 cm³/mol. The first-order valence-electron chi connectivity index (χ1n) is 6.18. The van der Waals surface area contributed by atoms with Crippen LogP contribution in [-0.2, 0) is 25.5 Å². The van der Waals surface area contributed by atoms with Gasteiger partial charge in [-0.1, -0.05) is 0 Å². The third-order valence-electron chi connectivity index (χ3n) is 2.16. The summed E-state index contributed by atoms with van der Waals surface area (Å²) >= 11 is 1.40. The average molecular weight is 285 g/mol. The lowest BCUT2D eigenvalue weighted by molar-refractivity contribution is -0.166. The smallest absolute Gasteiger partial charge is 0.320 e. The molecule has 0 saturated heterocycles. The van der Waals surface area contributed by atoms with Crippen molar-refractivity contribution in [3.8, 4) is 0 Å². The summed E-state index contributed by atoms with van der Waals surface area (Å²) in [6.45, 7) is 6.98.